The van der Waals surface area contributed by atoms with Crippen molar-refractivity contribution in [3.63, 3.8) is 0 Å². The average molecular weight is 356 g/mol. The van der Waals surface area contributed by atoms with Crippen molar-refractivity contribution in [2.45, 2.75) is 0 Å². The van der Waals surface area contributed by atoms with Crippen LogP contribution in [0.4, 0.5) is 0 Å². The first-order chi connectivity index (χ1) is 11.6. The van der Waals surface area contributed by atoms with Crippen LogP contribution in [0.3, 0.4) is 0 Å². The van der Waals surface area contributed by atoms with Gasteiger partial charge in [-0.1, -0.05) is 0 Å². The number of carbonyl (C=O) groups is 1. The first-order valence-electron chi connectivity index (χ1n) is 7.73. The number of benzene rings is 3. The molecule has 0 aromatic heterocycles. The Labute approximate surface area is 147 Å². The van der Waals surface area contributed by atoms with Gasteiger partial charge in [0.15, 0.2) is 0 Å². The minimum absolute atomic E-state index is 0.0885. The summed E-state index contributed by atoms with van der Waals surface area (Å²) < 4.78 is 0. The second-order valence-electron chi connectivity index (χ2n) is 5.81. The quantitative estimate of drug-likeness (QED) is 0.702. The Balaban J connectivity index is 2.45. The van der Waals surface area contributed by atoms with Crippen LogP contribution in [-0.2, 0) is 4.79 Å². The van der Waals surface area contributed by atoms with Crippen LogP contribution >= 0.6 is 17.2 Å². The van der Waals surface area contributed by atoms with Crippen LogP contribution in [0.5, 0.6) is 0 Å². The van der Waals surface area contributed by atoms with Crippen LogP contribution in [0.2, 0.25) is 0 Å². The number of nitrogens with two attached hydrogens (primary N) is 1. The van der Waals surface area contributed by atoms with Crippen molar-refractivity contribution in [3.8, 4) is 0 Å². The van der Waals surface area contributed by atoms with E-state index in [9.17, 15) is 4.79 Å². The normalized spacial score (nSPS) is 13.0. The molecule has 3 rings (SSSR count). The Bertz CT molecular complexity index is 738. The SMILES string of the molecule is NC(=O)CP(Cl)(c1ccccc1)(c1ccccc1)c1ccccc1. The van der Waals surface area contributed by atoms with Gasteiger partial charge in [-0.25, -0.2) is 0 Å². The molecule has 0 atom stereocenters. The Kier molecular flexibility index (Phi) is 4.45. The summed E-state index contributed by atoms with van der Waals surface area (Å²) in [5.41, 5.74) is 5.69. The predicted octanol–water partition coefficient (Wildman–Crippen LogP) is 3.16. The molecule has 0 saturated carbocycles. The summed E-state index contributed by atoms with van der Waals surface area (Å²) >= 11 is 7.60. The predicted molar refractivity (Wildman–Crippen MR) is 105 cm³/mol. The number of halogens is 1. The molecule has 0 fully saturated rings. The van der Waals surface area contributed by atoms with E-state index in [4.69, 9.17) is 17.0 Å². The molecule has 0 aliphatic heterocycles. The molecule has 1 amide bonds. The van der Waals surface area contributed by atoms with E-state index in [2.05, 4.69) is 0 Å². The molecule has 2 nitrogen and oxygen atoms in total. The molecule has 3 aromatic carbocycles. The third-order valence-corrected chi connectivity index (χ3v) is 11.5. The molecule has 0 radical (unpaired) electrons. The molecule has 24 heavy (non-hydrogen) atoms. The second-order valence-corrected chi connectivity index (χ2v) is 12.3. The second kappa shape index (κ2) is 6.39. The molecule has 0 aliphatic carbocycles. The van der Waals surface area contributed by atoms with E-state index in [1.165, 1.54) is 0 Å². The van der Waals surface area contributed by atoms with Crippen molar-refractivity contribution in [1.29, 1.82) is 0 Å². The Morgan fingerprint density at radius 2 is 1.00 bits per heavy atom. The topological polar surface area (TPSA) is 43.1 Å². The van der Waals surface area contributed by atoms with Crippen LogP contribution in [0.15, 0.2) is 91.0 Å². The van der Waals surface area contributed by atoms with Crippen LogP contribution in [0, 0.1) is 0 Å². The fourth-order valence-corrected chi connectivity index (χ4v) is 9.01. The molecular weight excluding hydrogens is 337 g/mol. The fraction of sp³-hybridized carbons (Fsp3) is 0.0500. The van der Waals surface area contributed by atoms with Gasteiger partial charge in [0.2, 0.25) is 0 Å². The van der Waals surface area contributed by atoms with E-state index < -0.39 is 11.9 Å². The zero-order valence-corrected chi connectivity index (χ0v) is 14.8. The first kappa shape index (κ1) is 16.7. The van der Waals surface area contributed by atoms with E-state index in [0.717, 1.165) is 15.9 Å². The summed E-state index contributed by atoms with van der Waals surface area (Å²) in [6.45, 7) is 0. The van der Waals surface area contributed by atoms with Gasteiger partial charge in [-0.3, -0.25) is 0 Å². The number of primary amides is 1. The zero-order valence-electron chi connectivity index (χ0n) is 13.2. The Morgan fingerprint density at radius 3 is 1.25 bits per heavy atom. The van der Waals surface area contributed by atoms with Crippen molar-refractivity contribution >= 4 is 39.0 Å². The molecule has 0 unspecified atom stereocenters. The Hall–Kier alpha value is -2.15. The van der Waals surface area contributed by atoms with Crippen LogP contribution in [-0.4, -0.2) is 12.1 Å². The fourth-order valence-electron chi connectivity index (χ4n) is 3.23. The molecule has 4 heteroatoms. The molecule has 0 spiro atoms. The van der Waals surface area contributed by atoms with Gasteiger partial charge in [0.1, 0.15) is 0 Å². The third-order valence-electron chi connectivity index (χ3n) is 4.34. The average Bonchev–Trinajstić information content (AvgIpc) is 2.63. The summed E-state index contributed by atoms with van der Waals surface area (Å²) in [7, 11) is 0. The molecule has 2 N–H and O–H groups in total. The summed E-state index contributed by atoms with van der Waals surface area (Å²) in [6, 6.07) is 29.5. The summed E-state index contributed by atoms with van der Waals surface area (Å²) in [5.74, 6) is -3.90. The molecule has 3 aromatic rings. The van der Waals surface area contributed by atoms with E-state index in [1.807, 2.05) is 91.0 Å². The summed E-state index contributed by atoms with van der Waals surface area (Å²) in [5, 5.41) is 2.84. The molecule has 0 aliphatic rings. The van der Waals surface area contributed by atoms with Crippen molar-refractivity contribution in [2.75, 3.05) is 6.16 Å². The van der Waals surface area contributed by atoms with Gasteiger partial charge in [-0.05, 0) is 0 Å². The summed E-state index contributed by atoms with van der Waals surface area (Å²) in [4.78, 5) is 12.1. The number of amides is 1. The van der Waals surface area contributed by atoms with Crippen molar-refractivity contribution in [2.24, 2.45) is 5.73 Å². The van der Waals surface area contributed by atoms with E-state index in [1.54, 1.807) is 0 Å². The maximum atomic E-state index is 12.1. The standard InChI is InChI=1S/C20H19ClNOP/c21-24(16-20(22)23,17-10-4-1-5-11-17,18-12-6-2-7-13-18)19-14-8-3-9-15-19/h1-15H,16H2,(H2,22,23). The minimum atomic E-state index is -3.50. The maximum absolute atomic E-state index is 12.1. The molecule has 0 saturated heterocycles. The first-order valence-corrected chi connectivity index (χ1v) is 11.1. The van der Waals surface area contributed by atoms with Gasteiger partial charge in [0, 0.05) is 0 Å². The van der Waals surface area contributed by atoms with Gasteiger partial charge >= 0.3 is 147 Å². The van der Waals surface area contributed by atoms with Gasteiger partial charge in [-0.2, -0.15) is 0 Å². The number of hydrogen-bond donors (Lipinski definition) is 1. The van der Waals surface area contributed by atoms with Gasteiger partial charge in [-0.15, -0.1) is 0 Å². The summed E-state index contributed by atoms with van der Waals surface area (Å²) in [6.07, 6.45) is 0.0885. The third kappa shape index (κ3) is 2.62. The number of hydrogen-bond acceptors (Lipinski definition) is 1. The van der Waals surface area contributed by atoms with Gasteiger partial charge < -0.3 is 0 Å². The van der Waals surface area contributed by atoms with Crippen molar-refractivity contribution in [3.05, 3.63) is 91.0 Å². The molecule has 0 bridgehead atoms. The van der Waals surface area contributed by atoms with E-state index >= 15 is 0 Å². The Morgan fingerprint density at radius 1 is 0.708 bits per heavy atom. The van der Waals surface area contributed by atoms with Gasteiger partial charge in [0.05, 0.1) is 0 Å². The number of rotatable bonds is 5. The van der Waals surface area contributed by atoms with Gasteiger partial charge in [0.25, 0.3) is 0 Å². The molecule has 122 valence electrons. The van der Waals surface area contributed by atoms with E-state index in [-0.39, 0.29) is 6.16 Å². The van der Waals surface area contributed by atoms with Crippen LogP contribution in [0.25, 0.3) is 0 Å². The van der Waals surface area contributed by atoms with Crippen LogP contribution in [0.1, 0.15) is 0 Å². The molecular formula is C20H19ClNOP. The van der Waals surface area contributed by atoms with Crippen molar-refractivity contribution < 1.29 is 4.79 Å². The van der Waals surface area contributed by atoms with Crippen LogP contribution < -0.4 is 21.6 Å². The van der Waals surface area contributed by atoms with Crippen molar-refractivity contribution in [1.82, 2.24) is 0 Å². The molecule has 0 heterocycles. The monoisotopic (exact) mass is 355 g/mol. The number of carbonyl (C=O) groups excluding carboxylic acids is 1. The zero-order chi connectivity index (χ0) is 17.1. The van der Waals surface area contributed by atoms with E-state index in [0.29, 0.717) is 0 Å².